The van der Waals surface area contributed by atoms with E-state index in [1.165, 1.54) is 18.2 Å². The lowest BCUT2D eigenvalue weighted by atomic mass is 10.1. The number of nitrogens with zero attached hydrogens (tertiary/aromatic N) is 2. The molecule has 1 aromatic heterocycles. The van der Waals surface area contributed by atoms with Crippen LogP contribution in [0.3, 0.4) is 0 Å². The van der Waals surface area contributed by atoms with Crippen LogP contribution in [0.5, 0.6) is 0 Å². The van der Waals surface area contributed by atoms with Crippen LogP contribution in [0, 0.1) is 10.1 Å². The van der Waals surface area contributed by atoms with Crippen LogP contribution < -0.4 is 4.90 Å². The number of anilines is 1. The summed E-state index contributed by atoms with van der Waals surface area (Å²) in [5, 5.41) is 20.6. The second kappa shape index (κ2) is 6.24. The molecule has 0 saturated heterocycles. The molecule has 2 aromatic carbocycles. The Morgan fingerprint density at radius 3 is 2.74 bits per heavy atom. The molecule has 8 heteroatoms. The van der Waals surface area contributed by atoms with Gasteiger partial charge in [-0.3, -0.25) is 14.9 Å². The monoisotopic (exact) mass is 366 g/mol. The van der Waals surface area contributed by atoms with Crippen molar-refractivity contribution in [1.82, 2.24) is 0 Å². The van der Waals surface area contributed by atoms with Crippen molar-refractivity contribution in [2.75, 3.05) is 11.4 Å². The molecule has 2 heterocycles. The largest absolute Gasteiger partial charge is 0.475 e. The van der Waals surface area contributed by atoms with E-state index in [1.807, 2.05) is 0 Å². The number of benzene rings is 2. The predicted octanol–water partition coefficient (Wildman–Crippen LogP) is 3.17. The van der Waals surface area contributed by atoms with Gasteiger partial charge in [-0.1, -0.05) is 18.2 Å². The number of nitro groups is 1. The number of hydrogen-bond donors (Lipinski definition) is 1. The van der Waals surface area contributed by atoms with Gasteiger partial charge in [0.1, 0.15) is 5.58 Å². The summed E-state index contributed by atoms with van der Waals surface area (Å²) in [6.07, 6.45) is 0.736. The summed E-state index contributed by atoms with van der Waals surface area (Å²) >= 11 is 0. The van der Waals surface area contributed by atoms with E-state index < -0.39 is 10.9 Å². The Morgan fingerprint density at radius 1 is 1.19 bits per heavy atom. The Hall–Kier alpha value is -3.68. The number of non-ortho nitro benzene ring substituents is 1. The van der Waals surface area contributed by atoms with Gasteiger partial charge in [0.05, 0.1) is 17.0 Å². The molecule has 1 N–H and O–H groups in total. The van der Waals surface area contributed by atoms with E-state index in [0.717, 1.165) is 5.56 Å². The molecule has 4 rings (SSSR count). The molecule has 0 fully saturated rings. The summed E-state index contributed by atoms with van der Waals surface area (Å²) in [5.74, 6) is -1.49. The number of rotatable bonds is 4. The summed E-state index contributed by atoms with van der Waals surface area (Å²) in [7, 11) is 0. The highest BCUT2D eigenvalue weighted by atomic mass is 16.6. The Labute approximate surface area is 152 Å². The summed E-state index contributed by atoms with van der Waals surface area (Å²) < 4.78 is 5.28. The highest BCUT2D eigenvalue weighted by molar-refractivity contribution is 5.98. The molecule has 27 heavy (non-hydrogen) atoms. The van der Waals surface area contributed by atoms with Gasteiger partial charge >= 0.3 is 5.97 Å². The standard InChI is InChI=1S/C19H14N2O6/c22-18(20-6-5-12-3-4-14(21(25)26)10-15(12)20)8-11-1-2-13-9-17(19(23)24)27-16(13)7-11/h1-4,7,9-10H,5-6,8H2,(H,23,24). The number of carbonyl (C=O) groups is 2. The summed E-state index contributed by atoms with van der Waals surface area (Å²) in [4.78, 5) is 35.8. The fourth-order valence-corrected chi connectivity index (χ4v) is 3.30. The Kier molecular flexibility index (Phi) is 3.88. The minimum absolute atomic E-state index is 0.0494. The SMILES string of the molecule is O=C(O)c1cc2ccc(CC(=O)N3CCc4ccc([N+](=O)[O-])cc43)cc2o1. The fraction of sp³-hybridized carbons (Fsp3) is 0.158. The topological polar surface area (TPSA) is 114 Å². The van der Waals surface area contributed by atoms with E-state index in [2.05, 4.69) is 0 Å². The van der Waals surface area contributed by atoms with Gasteiger partial charge in [0.15, 0.2) is 0 Å². The van der Waals surface area contributed by atoms with Gasteiger partial charge < -0.3 is 14.4 Å². The fourth-order valence-electron chi connectivity index (χ4n) is 3.30. The van der Waals surface area contributed by atoms with Crippen LogP contribution in [0.1, 0.15) is 21.7 Å². The summed E-state index contributed by atoms with van der Waals surface area (Å²) in [6, 6.07) is 11.1. The first kappa shape index (κ1) is 16.8. The molecule has 0 bridgehead atoms. The molecule has 0 unspecified atom stereocenters. The second-order valence-corrected chi connectivity index (χ2v) is 6.33. The van der Waals surface area contributed by atoms with Crippen molar-refractivity contribution in [2.45, 2.75) is 12.8 Å². The summed E-state index contributed by atoms with van der Waals surface area (Å²) in [6.45, 7) is 0.474. The van der Waals surface area contributed by atoms with Crippen molar-refractivity contribution in [3.8, 4) is 0 Å². The maximum absolute atomic E-state index is 12.7. The average molecular weight is 366 g/mol. The van der Waals surface area contributed by atoms with Crippen LogP contribution in [0.15, 0.2) is 46.9 Å². The van der Waals surface area contributed by atoms with Crippen molar-refractivity contribution >= 4 is 34.2 Å². The minimum atomic E-state index is -1.15. The van der Waals surface area contributed by atoms with Crippen molar-refractivity contribution in [3.63, 3.8) is 0 Å². The predicted molar refractivity (Wildman–Crippen MR) is 96.0 cm³/mol. The van der Waals surface area contributed by atoms with Crippen molar-refractivity contribution < 1.29 is 24.0 Å². The molecule has 0 aliphatic carbocycles. The molecule has 0 saturated carbocycles. The van der Waals surface area contributed by atoms with Gasteiger partial charge in [-0.15, -0.1) is 0 Å². The third-order valence-electron chi connectivity index (χ3n) is 4.63. The average Bonchev–Trinajstić information content (AvgIpc) is 3.24. The number of carboxylic acids is 1. The number of furan rings is 1. The van der Waals surface area contributed by atoms with Crippen LogP contribution in [0.25, 0.3) is 11.0 Å². The first-order valence-corrected chi connectivity index (χ1v) is 8.26. The van der Waals surface area contributed by atoms with Gasteiger partial charge in [-0.05, 0) is 29.7 Å². The molecule has 0 spiro atoms. The van der Waals surface area contributed by atoms with Crippen LogP contribution in [-0.2, 0) is 17.6 Å². The zero-order valence-corrected chi connectivity index (χ0v) is 14.0. The van der Waals surface area contributed by atoms with Crippen molar-refractivity contribution in [2.24, 2.45) is 0 Å². The number of carbonyl (C=O) groups excluding carboxylic acids is 1. The molecule has 1 aliphatic heterocycles. The van der Waals surface area contributed by atoms with Crippen molar-refractivity contribution in [3.05, 3.63) is 69.5 Å². The van der Waals surface area contributed by atoms with E-state index in [0.29, 0.717) is 35.2 Å². The van der Waals surface area contributed by atoms with E-state index in [1.54, 1.807) is 29.2 Å². The third kappa shape index (κ3) is 3.01. The second-order valence-electron chi connectivity index (χ2n) is 6.33. The van der Waals surface area contributed by atoms with Crippen LogP contribution in [-0.4, -0.2) is 28.5 Å². The lowest BCUT2D eigenvalue weighted by Crippen LogP contribution is -2.30. The van der Waals surface area contributed by atoms with Crippen LogP contribution >= 0.6 is 0 Å². The van der Waals surface area contributed by atoms with Crippen LogP contribution in [0.4, 0.5) is 11.4 Å². The number of nitro benzene ring substituents is 1. The lowest BCUT2D eigenvalue weighted by molar-refractivity contribution is -0.384. The van der Waals surface area contributed by atoms with Gasteiger partial charge in [-0.25, -0.2) is 4.79 Å². The molecular weight excluding hydrogens is 352 g/mol. The molecule has 8 nitrogen and oxygen atoms in total. The zero-order valence-electron chi connectivity index (χ0n) is 14.0. The number of aromatic carboxylic acids is 1. The van der Waals surface area contributed by atoms with Gasteiger partial charge in [0, 0.05) is 24.1 Å². The Balaban J connectivity index is 1.58. The van der Waals surface area contributed by atoms with E-state index >= 15 is 0 Å². The number of fused-ring (bicyclic) bond motifs is 2. The number of hydrogen-bond acceptors (Lipinski definition) is 5. The molecule has 0 atom stereocenters. The van der Waals surface area contributed by atoms with Crippen LogP contribution in [0.2, 0.25) is 0 Å². The highest BCUT2D eigenvalue weighted by Gasteiger charge is 2.26. The highest BCUT2D eigenvalue weighted by Crippen LogP contribution is 2.32. The number of amides is 1. The molecule has 1 aliphatic rings. The molecular formula is C19H14N2O6. The van der Waals surface area contributed by atoms with E-state index in [9.17, 15) is 19.7 Å². The zero-order chi connectivity index (χ0) is 19.1. The van der Waals surface area contributed by atoms with Gasteiger partial charge in [-0.2, -0.15) is 0 Å². The molecule has 136 valence electrons. The van der Waals surface area contributed by atoms with Gasteiger partial charge in [0.2, 0.25) is 11.7 Å². The molecule has 0 radical (unpaired) electrons. The summed E-state index contributed by atoms with van der Waals surface area (Å²) in [5.41, 5.74) is 2.50. The first-order valence-electron chi connectivity index (χ1n) is 8.26. The Morgan fingerprint density at radius 2 is 2.00 bits per heavy atom. The smallest absolute Gasteiger partial charge is 0.371 e. The lowest BCUT2D eigenvalue weighted by Gasteiger charge is -2.17. The maximum atomic E-state index is 12.7. The van der Waals surface area contributed by atoms with E-state index in [4.69, 9.17) is 9.52 Å². The first-order chi connectivity index (χ1) is 12.9. The number of carboxylic acid groups (broad SMARTS) is 1. The van der Waals surface area contributed by atoms with Crippen molar-refractivity contribution in [1.29, 1.82) is 0 Å². The minimum Gasteiger partial charge on any atom is -0.475 e. The van der Waals surface area contributed by atoms with E-state index in [-0.39, 0.29) is 23.8 Å². The quantitative estimate of drug-likeness (QED) is 0.560. The third-order valence-corrected chi connectivity index (χ3v) is 4.63. The Bertz CT molecular complexity index is 1100. The maximum Gasteiger partial charge on any atom is 0.371 e. The van der Waals surface area contributed by atoms with Gasteiger partial charge in [0.25, 0.3) is 5.69 Å². The normalized spacial score (nSPS) is 13.0. The molecule has 1 amide bonds. The molecule has 3 aromatic rings.